The predicted molar refractivity (Wildman–Crippen MR) is 109 cm³/mol. The minimum atomic E-state index is -3.40. The lowest BCUT2D eigenvalue weighted by Gasteiger charge is -2.14. The summed E-state index contributed by atoms with van der Waals surface area (Å²) in [5.41, 5.74) is 1.16. The van der Waals surface area contributed by atoms with E-state index in [9.17, 15) is 8.42 Å². The van der Waals surface area contributed by atoms with Crippen molar-refractivity contribution in [3.05, 3.63) is 42.0 Å². The Bertz CT molecular complexity index is 798. The molecule has 2 rings (SSSR count). The van der Waals surface area contributed by atoms with Gasteiger partial charge in [0.2, 0.25) is 10.0 Å². The van der Waals surface area contributed by atoms with E-state index in [1.54, 1.807) is 6.07 Å². The second-order valence-electron chi connectivity index (χ2n) is 6.07. The molecule has 1 atom stereocenters. The number of nitrogens with zero attached hydrogens (tertiary/aromatic N) is 2. The summed E-state index contributed by atoms with van der Waals surface area (Å²) in [6.45, 7) is 5.96. The van der Waals surface area contributed by atoms with Crippen LogP contribution < -0.4 is 10.0 Å². The molecule has 0 amide bonds. The first-order valence-corrected chi connectivity index (χ1v) is 11.4. The maximum absolute atomic E-state index is 12.1. The monoisotopic (exact) mass is 394 g/mol. The van der Waals surface area contributed by atoms with Gasteiger partial charge in [0.05, 0.1) is 5.75 Å². The van der Waals surface area contributed by atoms with Gasteiger partial charge in [0.15, 0.2) is 5.16 Å². The standard InChI is InChI=1S/C18H26N4O2S2/c1-4-11-26(23,24)22-17-12-16(19-14(3)5-2)20-18(21-17)25-13-15-9-7-6-8-10-15/h6-10,12,14H,4-5,11,13H2,1-3H3,(H2,19,20,21,22)/t14-/m1/s1. The summed E-state index contributed by atoms with van der Waals surface area (Å²) in [4.78, 5) is 8.89. The van der Waals surface area contributed by atoms with Crippen LogP contribution in [0.1, 0.15) is 39.2 Å². The van der Waals surface area contributed by atoms with Crippen molar-refractivity contribution in [2.45, 2.75) is 50.6 Å². The Morgan fingerprint density at radius 1 is 1.12 bits per heavy atom. The van der Waals surface area contributed by atoms with Crippen LogP contribution in [0.2, 0.25) is 0 Å². The Hall–Kier alpha value is -1.80. The zero-order chi connectivity index (χ0) is 19.0. The van der Waals surface area contributed by atoms with Crippen molar-refractivity contribution in [2.75, 3.05) is 15.8 Å². The highest BCUT2D eigenvalue weighted by molar-refractivity contribution is 7.98. The fraction of sp³-hybridized carbons (Fsp3) is 0.444. The van der Waals surface area contributed by atoms with Gasteiger partial charge in [0.25, 0.3) is 0 Å². The minimum absolute atomic E-state index is 0.0671. The van der Waals surface area contributed by atoms with Crippen molar-refractivity contribution in [2.24, 2.45) is 0 Å². The summed E-state index contributed by atoms with van der Waals surface area (Å²) in [5, 5.41) is 3.83. The van der Waals surface area contributed by atoms with Crippen molar-refractivity contribution in [1.82, 2.24) is 9.97 Å². The van der Waals surface area contributed by atoms with Gasteiger partial charge in [0, 0.05) is 17.9 Å². The molecule has 0 radical (unpaired) electrons. The quantitative estimate of drug-likeness (QED) is 0.466. The molecule has 0 aliphatic carbocycles. The van der Waals surface area contributed by atoms with Crippen LogP contribution in [0.15, 0.2) is 41.6 Å². The first-order chi connectivity index (χ1) is 12.4. The van der Waals surface area contributed by atoms with E-state index in [1.807, 2.05) is 37.3 Å². The molecule has 142 valence electrons. The smallest absolute Gasteiger partial charge is 0.233 e. The molecular formula is C18H26N4O2S2. The summed E-state index contributed by atoms with van der Waals surface area (Å²) in [6, 6.07) is 11.9. The number of nitrogens with one attached hydrogen (secondary N) is 2. The van der Waals surface area contributed by atoms with Crippen molar-refractivity contribution in [1.29, 1.82) is 0 Å². The van der Waals surface area contributed by atoms with Gasteiger partial charge in [0.1, 0.15) is 11.6 Å². The lowest BCUT2D eigenvalue weighted by atomic mass is 10.2. The second-order valence-corrected chi connectivity index (χ2v) is 8.85. The summed E-state index contributed by atoms with van der Waals surface area (Å²) in [6.07, 6.45) is 1.49. The molecule has 2 N–H and O–H groups in total. The molecule has 0 saturated carbocycles. The van der Waals surface area contributed by atoms with Crippen LogP contribution in [0.4, 0.5) is 11.6 Å². The predicted octanol–water partition coefficient (Wildman–Crippen LogP) is 4.13. The van der Waals surface area contributed by atoms with Crippen LogP contribution >= 0.6 is 11.8 Å². The van der Waals surface area contributed by atoms with Crippen molar-refractivity contribution >= 4 is 33.4 Å². The Balaban J connectivity index is 2.21. The van der Waals surface area contributed by atoms with E-state index >= 15 is 0 Å². The van der Waals surface area contributed by atoms with Gasteiger partial charge in [-0.3, -0.25) is 4.72 Å². The second kappa shape index (κ2) is 9.78. The van der Waals surface area contributed by atoms with E-state index in [1.165, 1.54) is 11.8 Å². The highest BCUT2D eigenvalue weighted by Crippen LogP contribution is 2.24. The summed E-state index contributed by atoms with van der Waals surface area (Å²) in [7, 11) is -3.40. The van der Waals surface area contributed by atoms with Crippen LogP contribution in [-0.4, -0.2) is 30.2 Å². The zero-order valence-corrected chi connectivity index (χ0v) is 17.0. The molecule has 0 bridgehead atoms. The number of hydrogen-bond donors (Lipinski definition) is 2. The number of benzene rings is 1. The number of rotatable bonds is 10. The zero-order valence-electron chi connectivity index (χ0n) is 15.4. The lowest BCUT2D eigenvalue weighted by molar-refractivity contribution is 0.599. The highest BCUT2D eigenvalue weighted by Gasteiger charge is 2.13. The van der Waals surface area contributed by atoms with Gasteiger partial charge in [-0.05, 0) is 25.3 Å². The fourth-order valence-corrected chi connectivity index (χ4v) is 4.05. The van der Waals surface area contributed by atoms with E-state index in [-0.39, 0.29) is 11.8 Å². The Morgan fingerprint density at radius 3 is 2.46 bits per heavy atom. The molecule has 0 aliphatic heterocycles. The van der Waals surface area contributed by atoms with E-state index in [4.69, 9.17) is 0 Å². The van der Waals surface area contributed by atoms with Gasteiger partial charge >= 0.3 is 0 Å². The van der Waals surface area contributed by atoms with Crippen LogP contribution in [-0.2, 0) is 15.8 Å². The highest BCUT2D eigenvalue weighted by atomic mass is 32.2. The Kier molecular flexibility index (Phi) is 7.71. The SMILES string of the molecule is CCCS(=O)(=O)Nc1cc(N[C@H](C)CC)nc(SCc2ccccc2)n1. The first-order valence-electron chi connectivity index (χ1n) is 8.74. The van der Waals surface area contributed by atoms with E-state index in [2.05, 4.69) is 33.9 Å². The van der Waals surface area contributed by atoms with Crippen molar-refractivity contribution < 1.29 is 8.42 Å². The Labute approximate surface area is 160 Å². The molecule has 6 nitrogen and oxygen atoms in total. The fourth-order valence-electron chi connectivity index (χ4n) is 2.17. The maximum Gasteiger partial charge on any atom is 0.233 e. The third-order valence-corrected chi connectivity index (χ3v) is 6.04. The van der Waals surface area contributed by atoms with Crippen molar-refractivity contribution in [3.63, 3.8) is 0 Å². The molecule has 0 saturated heterocycles. The minimum Gasteiger partial charge on any atom is -0.367 e. The molecule has 2 aromatic rings. The summed E-state index contributed by atoms with van der Waals surface area (Å²) in [5.74, 6) is 1.71. The van der Waals surface area contributed by atoms with E-state index in [0.717, 1.165) is 17.7 Å². The van der Waals surface area contributed by atoms with Gasteiger partial charge < -0.3 is 5.32 Å². The van der Waals surface area contributed by atoms with E-state index < -0.39 is 10.0 Å². The number of thioether (sulfide) groups is 1. The Morgan fingerprint density at radius 2 is 1.81 bits per heavy atom. The average molecular weight is 395 g/mol. The molecule has 1 aromatic carbocycles. The number of aromatic nitrogens is 2. The van der Waals surface area contributed by atoms with E-state index in [0.29, 0.717) is 23.2 Å². The third kappa shape index (κ3) is 6.84. The average Bonchev–Trinajstić information content (AvgIpc) is 2.60. The van der Waals surface area contributed by atoms with Crippen molar-refractivity contribution in [3.8, 4) is 0 Å². The molecule has 8 heteroatoms. The summed E-state index contributed by atoms with van der Waals surface area (Å²) < 4.78 is 26.7. The van der Waals surface area contributed by atoms with Crippen LogP contribution in [0.25, 0.3) is 0 Å². The molecule has 1 heterocycles. The molecule has 0 unspecified atom stereocenters. The number of anilines is 2. The lowest BCUT2D eigenvalue weighted by Crippen LogP contribution is -2.19. The topological polar surface area (TPSA) is 84.0 Å². The van der Waals surface area contributed by atoms with Crippen LogP contribution in [0, 0.1) is 0 Å². The van der Waals surface area contributed by atoms with Crippen LogP contribution in [0.5, 0.6) is 0 Å². The maximum atomic E-state index is 12.1. The van der Waals surface area contributed by atoms with Crippen LogP contribution in [0.3, 0.4) is 0 Å². The number of hydrogen-bond acceptors (Lipinski definition) is 6. The molecule has 1 aromatic heterocycles. The largest absolute Gasteiger partial charge is 0.367 e. The molecule has 0 fully saturated rings. The van der Waals surface area contributed by atoms with Gasteiger partial charge in [-0.1, -0.05) is 55.9 Å². The van der Waals surface area contributed by atoms with Gasteiger partial charge in [-0.2, -0.15) is 0 Å². The number of sulfonamides is 1. The third-order valence-electron chi connectivity index (χ3n) is 3.66. The molecule has 0 aliphatic rings. The van der Waals surface area contributed by atoms with Gasteiger partial charge in [-0.25, -0.2) is 18.4 Å². The molecule has 0 spiro atoms. The summed E-state index contributed by atoms with van der Waals surface area (Å²) >= 11 is 1.48. The first kappa shape index (κ1) is 20.5. The van der Waals surface area contributed by atoms with Gasteiger partial charge in [-0.15, -0.1) is 0 Å². The normalized spacial score (nSPS) is 12.6. The molecular weight excluding hydrogens is 368 g/mol. The molecule has 26 heavy (non-hydrogen) atoms.